The summed E-state index contributed by atoms with van der Waals surface area (Å²) in [4.78, 5) is 34.9. The van der Waals surface area contributed by atoms with Gasteiger partial charge in [0.2, 0.25) is 11.8 Å². The summed E-state index contributed by atoms with van der Waals surface area (Å²) in [7, 11) is 1.25. The highest BCUT2D eigenvalue weighted by atomic mass is 35.5. The van der Waals surface area contributed by atoms with E-state index in [9.17, 15) is 14.4 Å². The minimum Gasteiger partial charge on any atom is -0.465 e. The maximum absolute atomic E-state index is 11.7. The topological polar surface area (TPSA) is 84.5 Å². The molecule has 0 heterocycles. The maximum atomic E-state index is 11.7. The number of ether oxygens (including phenoxy) is 1. The van der Waals surface area contributed by atoms with Crippen LogP contribution in [0.1, 0.15) is 23.2 Å². The van der Waals surface area contributed by atoms with Gasteiger partial charge in [0.1, 0.15) is 0 Å². The van der Waals surface area contributed by atoms with Crippen LogP contribution in [0.4, 0.5) is 11.4 Å². The molecule has 0 unspecified atom stereocenters. The van der Waals surface area contributed by atoms with Crippen LogP contribution >= 0.6 is 23.2 Å². The number of nitrogens with one attached hydrogen (secondary N) is 2. The smallest absolute Gasteiger partial charge is 0.337 e. The Bertz CT molecular complexity index is 564. The molecule has 8 heteroatoms. The summed E-state index contributed by atoms with van der Waals surface area (Å²) in [5, 5.41) is 5.22. The van der Waals surface area contributed by atoms with Gasteiger partial charge in [-0.15, -0.1) is 23.2 Å². The fourth-order valence-electron chi connectivity index (χ4n) is 1.60. The van der Waals surface area contributed by atoms with Gasteiger partial charge in [-0.05, 0) is 18.2 Å². The second-order valence-corrected chi connectivity index (χ2v) is 4.98. The normalized spacial score (nSPS) is 9.95. The highest BCUT2D eigenvalue weighted by molar-refractivity contribution is 6.20. The number of amides is 2. The predicted octanol–water partition coefficient (Wildman–Crippen LogP) is 2.61. The number of esters is 1. The second kappa shape index (κ2) is 9.27. The maximum Gasteiger partial charge on any atom is 0.337 e. The average Bonchev–Trinajstić information content (AvgIpc) is 2.48. The molecule has 1 aromatic carbocycles. The molecule has 6 nitrogen and oxygen atoms in total. The van der Waals surface area contributed by atoms with Crippen molar-refractivity contribution in [2.75, 3.05) is 29.5 Å². The van der Waals surface area contributed by atoms with Gasteiger partial charge in [0.15, 0.2) is 0 Å². The minimum absolute atomic E-state index is 0.110. The molecular weight excluding hydrogens is 331 g/mol. The summed E-state index contributed by atoms with van der Waals surface area (Å²) in [5.74, 6) is -0.832. The lowest BCUT2D eigenvalue weighted by Crippen LogP contribution is -2.17. The van der Waals surface area contributed by atoms with Crippen molar-refractivity contribution in [2.45, 2.75) is 12.8 Å². The van der Waals surface area contributed by atoms with Crippen molar-refractivity contribution in [3.8, 4) is 0 Å². The number of carbonyl (C=O) groups excluding carboxylic acids is 3. The third-order valence-electron chi connectivity index (χ3n) is 2.63. The lowest BCUT2D eigenvalue weighted by Gasteiger charge is -2.13. The zero-order valence-electron chi connectivity index (χ0n) is 11.9. The van der Waals surface area contributed by atoms with E-state index in [1.165, 1.54) is 25.3 Å². The fourth-order valence-corrected chi connectivity index (χ4v) is 1.94. The van der Waals surface area contributed by atoms with Gasteiger partial charge in [-0.3, -0.25) is 9.59 Å². The molecule has 2 amide bonds. The molecule has 2 N–H and O–H groups in total. The molecule has 0 bridgehead atoms. The number of rotatable bonds is 7. The van der Waals surface area contributed by atoms with Gasteiger partial charge in [-0.25, -0.2) is 4.79 Å². The summed E-state index contributed by atoms with van der Waals surface area (Å²) >= 11 is 11.0. The standard InChI is InChI=1S/C14H16Cl2N2O4/c1-22-14(21)9-2-3-10(17-12(19)4-6-15)11(8-9)18-13(20)5-7-16/h2-3,8H,4-7H2,1H3,(H,17,19)(H,18,20). The Morgan fingerprint density at radius 2 is 1.55 bits per heavy atom. The molecule has 0 aliphatic rings. The van der Waals surface area contributed by atoms with E-state index in [1.807, 2.05) is 0 Å². The van der Waals surface area contributed by atoms with Crippen molar-refractivity contribution in [2.24, 2.45) is 0 Å². The summed E-state index contributed by atoms with van der Waals surface area (Å²) < 4.78 is 4.63. The molecule has 0 atom stereocenters. The van der Waals surface area contributed by atoms with Crippen molar-refractivity contribution in [3.63, 3.8) is 0 Å². The van der Waals surface area contributed by atoms with Crippen molar-refractivity contribution < 1.29 is 19.1 Å². The van der Waals surface area contributed by atoms with Gasteiger partial charge >= 0.3 is 5.97 Å². The first-order valence-corrected chi connectivity index (χ1v) is 7.52. The molecule has 1 aromatic rings. The van der Waals surface area contributed by atoms with Crippen molar-refractivity contribution in [1.82, 2.24) is 0 Å². The molecule has 0 radical (unpaired) electrons. The summed E-state index contributed by atoms with van der Waals surface area (Å²) in [6.07, 6.45) is 0.244. The van der Waals surface area contributed by atoms with Gasteiger partial charge in [-0.1, -0.05) is 0 Å². The van der Waals surface area contributed by atoms with Crippen molar-refractivity contribution >= 4 is 52.4 Å². The Hall–Kier alpha value is -1.79. The van der Waals surface area contributed by atoms with Crippen LogP contribution < -0.4 is 10.6 Å². The van der Waals surface area contributed by atoms with E-state index < -0.39 is 5.97 Å². The summed E-state index contributed by atoms with van der Waals surface area (Å²) in [6.45, 7) is 0. The molecule has 0 aromatic heterocycles. The Labute approximate surface area is 138 Å². The van der Waals surface area contributed by atoms with Crippen LogP contribution in [0, 0.1) is 0 Å². The van der Waals surface area contributed by atoms with Gasteiger partial charge in [-0.2, -0.15) is 0 Å². The summed E-state index contributed by atoms with van der Waals surface area (Å²) in [6, 6.07) is 4.42. The second-order valence-electron chi connectivity index (χ2n) is 4.23. The average molecular weight is 347 g/mol. The number of alkyl halides is 2. The van der Waals surface area contributed by atoms with Crippen LogP contribution in [-0.4, -0.2) is 36.7 Å². The molecule has 0 fully saturated rings. The first-order valence-electron chi connectivity index (χ1n) is 6.45. The number of methoxy groups -OCH3 is 1. The molecule has 22 heavy (non-hydrogen) atoms. The largest absolute Gasteiger partial charge is 0.465 e. The highest BCUT2D eigenvalue weighted by Crippen LogP contribution is 2.24. The van der Waals surface area contributed by atoms with Crippen molar-refractivity contribution in [1.29, 1.82) is 0 Å². The van der Waals surface area contributed by atoms with E-state index in [0.717, 1.165) is 0 Å². The monoisotopic (exact) mass is 346 g/mol. The number of carbonyl (C=O) groups is 3. The van der Waals surface area contributed by atoms with Crippen LogP contribution in [0.2, 0.25) is 0 Å². The quantitative estimate of drug-likeness (QED) is 0.587. The Morgan fingerprint density at radius 1 is 1.00 bits per heavy atom. The van der Waals surface area contributed by atoms with Crippen LogP contribution in [0.25, 0.3) is 0 Å². The first kappa shape index (κ1) is 18.3. The Morgan fingerprint density at radius 3 is 2.05 bits per heavy atom. The number of hydrogen-bond acceptors (Lipinski definition) is 4. The molecule has 0 saturated carbocycles. The molecular formula is C14H16Cl2N2O4. The van der Waals surface area contributed by atoms with Crippen LogP contribution in [-0.2, 0) is 14.3 Å². The van der Waals surface area contributed by atoms with E-state index in [4.69, 9.17) is 23.2 Å². The first-order chi connectivity index (χ1) is 10.5. The molecule has 0 saturated heterocycles. The van der Waals surface area contributed by atoms with Crippen molar-refractivity contribution in [3.05, 3.63) is 23.8 Å². The SMILES string of the molecule is COC(=O)c1ccc(NC(=O)CCCl)c(NC(=O)CCCl)c1. The van der Waals surface area contributed by atoms with Crippen LogP contribution in [0.3, 0.4) is 0 Å². The number of anilines is 2. The van der Waals surface area contributed by atoms with E-state index in [0.29, 0.717) is 11.4 Å². The van der Waals surface area contributed by atoms with Gasteiger partial charge in [0, 0.05) is 24.6 Å². The fraction of sp³-hybridized carbons (Fsp3) is 0.357. The zero-order chi connectivity index (χ0) is 16.5. The van der Waals surface area contributed by atoms with E-state index >= 15 is 0 Å². The Kier molecular flexibility index (Phi) is 7.70. The third-order valence-corrected chi connectivity index (χ3v) is 3.01. The predicted molar refractivity (Wildman–Crippen MR) is 85.7 cm³/mol. The highest BCUT2D eigenvalue weighted by Gasteiger charge is 2.13. The van der Waals surface area contributed by atoms with Gasteiger partial charge in [0.05, 0.1) is 24.0 Å². The Balaban J connectivity index is 3.05. The molecule has 0 spiro atoms. The third kappa shape index (κ3) is 5.54. The van der Waals surface area contributed by atoms with Gasteiger partial charge < -0.3 is 15.4 Å². The lowest BCUT2D eigenvalue weighted by atomic mass is 10.1. The zero-order valence-corrected chi connectivity index (χ0v) is 13.5. The van der Waals surface area contributed by atoms with Crippen LogP contribution in [0.5, 0.6) is 0 Å². The van der Waals surface area contributed by atoms with E-state index in [-0.39, 0.29) is 42.0 Å². The minimum atomic E-state index is -0.550. The van der Waals surface area contributed by atoms with E-state index in [2.05, 4.69) is 15.4 Å². The number of hydrogen-bond donors (Lipinski definition) is 2. The number of halogens is 2. The summed E-state index contributed by atoms with van der Waals surface area (Å²) in [5.41, 5.74) is 0.908. The number of benzene rings is 1. The molecule has 0 aliphatic heterocycles. The lowest BCUT2D eigenvalue weighted by molar-refractivity contribution is -0.116. The molecule has 0 aliphatic carbocycles. The van der Waals surface area contributed by atoms with Gasteiger partial charge in [0.25, 0.3) is 0 Å². The molecule has 120 valence electrons. The van der Waals surface area contributed by atoms with E-state index in [1.54, 1.807) is 0 Å². The molecule has 1 rings (SSSR count). The van der Waals surface area contributed by atoms with Crippen LogP contribution in [0.15, 0.2) is 18.2 Å².